The largest absolute Gasteiger partial charge is 0.475 e. The van der Waals surface area contributed by atoms with Gasteiger partial charge in [0, 0.05) is 23.1 Å². The van der Waals surface area contributed by atoms with Gasteiger partial charge in [0.2, 0.25) is 0 Å². The summed E-state index contributed by atoms with van der Waals surface area (Å²) in [6.07, 6.45) is 2.18. The van der Waals surface area contributed by atoms with Crippen LogP contribution < -0.4 is 5.32 Å². The van der Waals surface area contributed by atoms with Gasteiger partial charge in [0.1, 0.15) is 0 Å². The fraction of sp³-hybridized carbons (Fsp3) is 0.333. The Morgan fingerprint density at radius 3 is 2.65 bits per heavy atom. The van der Waals surface area contributed by atoms with Gasteiger partial charge in [0.15, 0.2) is 0 Å². The lowest BCUT2D eigenvalue weighted by molar-refractivity contribution is -0.150. The first-order chi connectivity index (χ1) is 9.49. The number of carboxylic acid groups (broad SMARTS) is 1. The highest BCUT2D eigenvalue weighted by molar-refractivity contribution is 6.34. The van der Waals surface area contributed by atoms with Crippen molar-refractivity contribution in [2.75, 3.05) is 0 Å². The predicted molar refractivity (Wildman–Crippen MR) is 76.7 cm³/mol. The fourth-order valence-electron chi connectivity index (χ4n) is 2.30. The highest BCUT2D eigenvalue weighted by atomic mass is 16.4. The molecule has 0 bridgehead atoms. The Labute approximate surface area is 117 Å². The van der Waals surface area contributed by atoms with Gasteiger partial charge in [-0.05, 0) is 18.1 Å². The number of aromatic amines is 1. The van der Waals surface area contributed by atoms with E-state index in [-0.39, 0.29) is 6.04 Å². The molecule has 2 aromatic rings. The van der Waals surface area contributed by atoms with E-state index in [9.17, 15) is 9.59 Å². The molecule has 20 heavy (non-hydrogen) atoms. The number of fused-ring (bicyclic) bond motifs is 1. The highest BCUT2D eigenvalue weighted by Gasteiger charge is 2.26. The minimum absolute atomic E-state index is 0.0357. The third kappa shape index (κ3) is 3.05. The Bertz CT molecular complexity index is 631. The van der Waals surface area contributed by atoms with Gasteiger partial charge in [-0.15, -0.1) is 0 Å². The third-order valence-electron chi connectivity index (χ3n) is 3.16. The lowest BCUT2D eigenvalue weighted by Crippen LogP contribution is -2.45. The van der Waals surface area contributed by atoms with E-state index in [0.29, 0.717) is 6.42 Å². The number of para-hydroxylation sites is 1. The SMILES string of the molecule is CC(C)N[C@@H](Cc1c[nH]c2ccccc12)C(=O)C(=O)O. The van der Waals surface area contributed by atoms with E-state index in [4.69, 9.17) is 5.11 Å². The zero-order valence-corrected chi connectivity index (χ0v) is 11.5. The van der Waals surface area contributed by atoms with Gasteiger partial charge in [-0.25, -0.2) is 4.79 Å². The number of aromatic nitrogens is 1. The Morgan fingerprint density at radius 2 is 2.00 bits per heavy atom. The molecule has 5 nitrogen and oxygen atoms in total. The summed E-state index contributed by atoms with van der Waals surface area (Å²) in [6.45, 7) is 3.77. The molecule has 1 atom stereocenters. The van der Waals surface area contributed by atoms with Crippen molar-refractivity contribution in [2.45, 2.75) is 32.4 Å². The number of H-pyrrole nitrogens is 1. The number of hydrogen-bond acceptors (Lipinski definition) is 3. The van der Waals surface area contributed by atoms with Crippen molar-refractivity contribution >= 4 is 22.7 Å². The van der Waals surface area contributed by atoms with E-state index in [1.807, 2.05) is 44.3 Å². The highest BCUT2D eigenvalue weighted by Crippen LogP contribution is 2.19. The average Bonchev–Trinajstić information content (AvgIpc) is 2.80. The number of ketones is 1. The molecule has 0 fully saturated rings. The quantitative estimate of drug-likeness (QED) is 0.701. The molecule has 0 unspecified atom stereocenters. The molecule has 0 saturated carbocycles. The Hall–Kier alpha value is -2.14. The van der Waals surface area contributed by atoms with Crippen molar-refractivity contribution in [1.82, 2.24) is 10.3 Å². The number of Topliss-reactive ketones (excluding diaryl/α,β-unsaturated/α-hetero) is 1. The zero-order chi connectivity index (χ0) is 14.7. The van der Waals surface area contributed by atoms with Gasteiger partial charge in [0.05, 0.1) is 6.04 Å². The van der Waals surface area contributed by atoms with Crippen LogP contribution in [0.25, 0.3) is 10.9 Å². The predicted octanol–water partition coefficient (Wildman–Crippen LogP) is 1.73. The summed E-state index contributed by atoms with van der Waals surface area (Å²) in [7, 11) is 0. The van der Waals surface area contributed by atoms with Gasteiger partial charge < -0.3 is 15.4 Å². The van der Waals surface area contributed by atoms with Crippen molar-refractivity contribution in [3.63, 3.8) is 0 Å². The fourth-order valence-corrected chi connectivity index (χ4v) is 2.30. The summed E-state index contributed by atoms with van der Waals surface area (Å²) in [5, 5.41) is 12.9. The van der Waals surface area contributed by atoms with Crippen molar-refractivity contribution in [2.24, 2.45) is 0 Å². The minimum atomic E-state index is -1.40. The normalized spacial score (nSPS) is 12.8. The van der Waals surface area contributed by atoms with Crippen LogP contribution in [0, 0.1) is 0 Å². The van der Waals surface area contributed by atoms with Gasteiger partial charge in [0.25, 0.3) is 5.78 Å². The maximum Gasteiger partial charge on any atom is 0.373 e. The smallest absolute Gasteiger partial charge is 0.373 e. The number of nitrogens with one attached hydrogen (secondary N) is 2. The molecule has 0 aliphatic heterocycles. The summed E-state index contributed by atoms with van der Waals surface area (Å²) in [5.41, 5.74) is 1.92. The van der Waals surface area contributed by atoms with Crippen LogP contribution >= 0.6 is 0 Å². The second-order valence-corrected chi connectivity index (χ2v) is 5.11. The molecule has 1 aromatic heterocycles. The lowest BCUT2D eigenvalue weighted by Gasteiger charge is -2.18. The van der Waals surface area contributed by atoms with E-state index in [1.165, 1.54) is 0 Å². The van der Waals surface area contributed by atoms with Crippen LogP contribution in [0.1, 0.15) is 19.4 Å². The van der Waals surface area contributed by atoms with E-state index < -0.39 is 17.8 Å². The standard InChI is InChI=1S/C15H18N2O3/c1-9(2)17-13(14(18)15(19)20)7-10-8-16-12-6-4-3-5-11(10)12/h3-6,8-9,13,16-17H,7H2,1-2H3,(H,19,20)/t13-/m0/s1. The number of carbonyl (C=O) groups is 2. The van der Waals surface area contributed by atoms with Gasteiger partial charge in [-0.2, -0.15) is 0 Å². The zero-order valence-electron chi connectivity index (χ0n) is 11.5. The summed E-state index contributed by atoms with van der Waals surface area (Å²) < 4.78 is 0. The molecule has 0 amide bonds. The van der Waals surface area contributed by atoms with Gasteiger partial charge in [-0.3, -0.25) is 4.79 Å². The second kappa shape index (κ2) is 5.88. The first-order valence-electron chi connectivity index (χ1n) is 6.57. The molecular weight excluding hydrogens is 256 g/mol. The molecule has 0 saturated heterocycles. The molecular formula is C15H18N2O3. The van der Waals surface area contributed by atoms with Crippen molar-refractivity contribution < 1.29 is 14.7 Å². The number of rotatable bonds is 6. The Kier molecular flexibility index (Phi) is 4.20. The van der Waals surface area contributed by atoms with Crippen molar-refractivity contribution in [3.8, 4) is 0 Å². The number of benzene rings is 1. The van der Waals surface area contributed by atoms with Crippen LogP contribution in [0.15, 0.2) is 30.5 Å². The van der Waals surface area contributed by atoms with E-state index in [0.717, 1.165) is 16.5 Å². The van der Waals surface area contributed by atoms with Crippen LogP contribution in [0.4, 0.5) is 0 Å². The monoisotopic (exact) mass is 274 g/mol. The average molecular weight is 274 g/mol. The van der Waals surface area contributed by atoms with Crippen LogP contribution in [0.2, 0.25) is 0 Å². The summed E-state index contributed by atoms with van der Waals surface area (Å²) in [6, 6.07) is 7.07. The molecule has 0 spiro atoms. The molecule has 2 rings (SSSR count). The maximum absolute atomic E-state index is 11.8. The molecule has 5 heteroatoms. The van der Waals surface area contributed by atoms with Gasteiger partial charge >= 0.3 is 5.97 Å². The maximum atomic E-state index is 11.8. The molecule has 1 aromatic carbocycles. The number of carbonyl (C=O) groups excluding carboxylic acids is 1. The summed E-state index contributed by atoms with van der Waals surface area (Å²) >= 11 is 0. The lowest BCUT2D eigenvalue weighted by atomic mass is 10.0. The van der Waals surface area contributed by atoms with Crippen LogP contribution in [-0.2, 0) is 16.0 Å². The second-order valence-electron chi connectivity index (χ2n) is 5.11. The van der Waals surface area contributed by atoms with Crippen molar-refractivity contribution in [1.29, 1.82) is 0 Å². The molecule has 3 N–H and O–H groups in total. The molecule has 106 valence electrons. The number of aliphatic carboxylic acids is 1. The van der Waals surface area contributed by atoms with Crippen LogP contribution in [0.5, 0.6) is 0 Å². The first-order valence-corrected chi connectivity index (χ1v) is 6.57. The van der Waals surface area contributed by atoms with E-state index in [2.05, 4.69) is 10.3 Å². The Morgan fingerprint density at radius 1 is 1.30 bits per heavy atom. The van der Waals surface area contributed by atoms with Gasteiger partial charge in [-0.1, -0.05) is 32.0 Å². The minimum Gasteiger partial charge on any atom is -0.475 e. The number of carboxylic acids is 1. The first kappa shape index (κ1) is 14.3. The Balaban J connectivity index is 2.27. The molecule has 0 aliphatic rings. The number of hydrogen-bond donors (Lipinski definition) is 3. The molecule has 0 radical (unpaired) electrons. The van der Waals surface area contributed by atoms with E-state index in [1.54, 1.807) is 0 Å². The van der Waals surface area contributed by atoms with Crippen LogP contribution in [-0.4, -0.2) is 33.9 Å². The summed E-state index contributed by atoms with van der Waals surface area (Å²) in [4.78, 5) is 25.8. The van der Waals surface area contributed by atoms with E-state index >= 15 is 0 Å². The van der Waals surface area contributed by atoms with Crippen molar-refractivity contribution in [3.05, 3.63) is 36.0 Å². The van der Waals surface area contributed by atoms with Crippen LogP contribution in [0.3, 0.4) is 0 Å². The summed E-state index contributed by atoms with van der Waals surface area (Å²) in [5.74, 6) is -2.20. The molecule has 1 heterocycles. The third-order valence-corrected chi connectivity index (χ3v) is 3.16. The topological polar surface area (TPSA) is 82.2 Å². The molecule has 0 aliphatic carbocycles.